The molecule has 0 radical (unpaired) electrons. The van der Waals surface area contributed by atoms with Crippen molar-refractivity contribution in [3.05, 3.63) is 29.3 Å². The summed E-state index contributed by atoms with van der Waals surface area (Å²) in [5, 5.41) is 0.724. The van der Waals surface area contributed by atoms with Crippen LogP contribution in [0.4, 0.5) is 5.69 Å². The van der Waals surface area contributed by atoms with Gasteiger partial charge in [0.15, 0.2) is 5.96 Å². The molecule has 4 nitrogen and oxygen atoms in total. The Bertz CT molecular complexity index is 466. The van der Waals surface area contributed by atoms with Crippen LogP contribution in [-0.4, -0.2) is 31.3 Å². The molecule has 1 atom stereocenters. The highest BCUT2D eigenvalue weighted by Crippen LogP contribution is 2.35. The molecule has 1 unspecified atom stereocenters. The number of aliphatic imine (C=N–C) groups is 1. The molecule has 2 aliphatic rings. The summed E-state index contributed by atoms with van der Waals surface area (Å²) >= 11 is 5.93. The molecule has 5 heteroatoms. The molecule has 3 rings (SSSR count). The molecule has 1 fully saturated rings. The lowest BCUT2D eigenvalue weighted by molar-refractivity contribution is 0.0459. The minimum absolute atomic E-state index is 0.101. The van der Waals surface area contributed by atoms with Crippen LogP contribution < -0.4 is 10.6 Å². The van der Waals surface area contributed by atoms with E-state index in [4.69, 9.17) is 22.1 Å². The number of nitrogens with two attached hydrogens (primary N) is 1. The third-order valence-electron chi connectivity index (χ3n) is 3.63. The van der Waals surface area contributed by atoms with Crippen molar-refractivity contribution in [1.29, 1.82) is 0 Å². The van der Waals surface area contributed by atoms with E-state index in [1.54, 1.807) is 0 Å². The first-order valence-electron chi connectivity index (χ1n) is 6.15. The fourth-order valence-corrected chi connectivity index (χ4v) is 2.87. The van der Waals surface area contributed by atoms with Crippen LogP contribution in [0.3, 0.4) is 0 Å². The fraction of sp³-hybridized carbons (Fsp3) is 0.462. The summed E-state index contributed by atoms with van der Waals surface area (Å²) in [7, 11) is 0. The van der Waals surface area contributed by atoms with Crippen molar-refractivity contribution < 1.29 is 4.74 Å². The number of hydrogen-bond acceptors (Lipinski definition) is 4. The van der Waals surface area contributed by atoms with Gasteiger partial charge >= 0.3 is 0 Å². The van der Waals surface area contributed by atoms with Crippen LogP contribution in [0.2, 0.25) is 5.02 Å². The minimum Gasteiger partial charge on any atom is -0.379 e. The van der Waals surface area contributed by atoms with Gasteiger partial charge in [-0.3, -0.25) is 4.99 Å². The molecule has 0 bridgehead atoms. The molecule has 2 heterocycles. The van der Waals surface area contributed by atoms with E-state index in [9.17, 15) is 0 Å². The Hall–Kier alpha value is -1.26. The van der Waals surface area contributed by atoms with E-state index < -0.39 is 0 Å². The highest BCUT2D eigenvalue weighted by Gasteiger charge is 2.44. The number of ether oxygens (including phenoxy) is 1. The molecule has 1 aromatic carbocycles. The standard InChI is InChI=1S/C13H16ClN3O/c14-10-2-4-11(5-3-10)17-12(15)16-8-13(17)6-1-7-18-9-13/h2-5H,1,6-9H2,(H2,15,16). The van der Waals surface area contributed by atoms with E-state index in [0.717, 1.165) is 30.2 Å². The van der Waals surface area contributed by atoms with Gasteiger partial charge in [0.25, 0.3) is 0 Å². The van der Waals surface area contributed by atoms with Crippen molar-refractivity contribution >= 4 is 23.2 Å². The number of guanidine groups is 1. The number of anilines is 1. The molecule has 2 N–H and O–H groups in total. The Morgan fingerprint density at radius 2 is 2.11 bits per heavy atom. The second-order valence-corrected chi connectivity index (χ2v) is 5.30. The first-order valence-corrected chi connectivity index (χ1v) is 6.53. The zero-order valence-corrected chi connectivity index (χ0v) is 10.9. The number of hydrogen-bond donors (Lipinski definition) is 1. The number of halogens is 1. The van der Waals surface area contributed by atoms with Gasteiger partial charge in [0, 0.05) is 17.3 Å². The van der Waals surface area contributed by atoms with Gasteiger partial charge in [0.2, 0.25) is 0 Å². The molecule has 1 spiro atoms. The Balaban J connectivity index is 1.96. The monoisotopic (exact) mass is 265 g/mol. The molecule has 0 aliphatic carbocycles. The van der Waals surface area contributed by atoms with Crippen LogP contribution in [-0.2, 0) is 4.74 Å². The molecule has 1 aromatic rings. The lowest BCUT2D eigenvalue weighted by Gasteiger charge is -2.41. The molecule has 96 valence electrons. The maximum atomic E-state index is 6.04. The van der Waals surface area contributed by atoms with Crippen LogP contribution in [0.25, 0.3) is 0 Å². The van der Waals surface area contributed by atoms with Crippen molar-refractivity contribution in [2.45, 2.75) is 18.4 Å². The quantitative estimate of drug-likeness (QED) is 0.845. The SMILES string of the molecule is NC1=NCC2(CCCOC2)N1c1ccc(Cl)cc1. The molecule has 2 aliphatic heterocycles. The van der Waals surface area contributed by atoms with Crippen LogP contribution in [0.1, 0.15) is 12.8 Å². The Morgan fingerprint density at radius 3 is 2.78 bits per heavy atom. The van der Waals surface area contributed by atoms with Crippen LogP contribution >= 0.6 is 11.6 Å². The second-order valence-electron chi connectivity index (χ2n) is 4.87. The van der Waals surface area contributed by atoms with Gasteiger partial charge in [0.05, 0.1) is 18.7 Å². The van der Waals surface area contributed by atoms with Gasteiger partial charge in [-0.15, -0.1) is 0 Å². The smallest absolute Gasteiger partial charge is 0.196 e. The summed E-state index contributed by atoms with van der Waals surface area (Å²) < 4.78 is 5.63. The minimum atomic E-state index is -0.101. The number of benzene rings is 1. The third-order valence-corrected chi connectivity index (χ3v) is 3.88. The third kappa shape index (κ3) is 1.85. The van der Waals surface area contributed by atoms with E-state index in [1.165, 1.54) is 0 Å². The maximum Gasteiger partial charge on any atom is 0.196 e. The van der Waals surface area contributed by atoms with Gasteiger partial charge in [0.1, 0.15) is 0 Å². The Labute approximate surface area is 111 Å². The van der Waals surface area contributed by atoms with E-state index in [0.29, 0.717) is 19.1 Å². The molecular weight excluding hydrogens is 250 g/mol. The normalized spacial score (nSPS) is 27.6. The Morgan fingerprint density at radius 1 is 1.33 bits per heavy atom. The van der Waals surface area contributed by atoms with Gasteiger partial charge in [-0.1, -0.05) is 11.6 Å². The van der Waals surface area contributed by atoms with E-state index >= 15 is 0 Å². The van der Waals surface area contributed by atoms with E-state index in [-0.39, 0.29) is 5.54 Å². The lowest BCUT2D eigenvalue weighted by Crippen LogP contribution is -2.56. The average molecular weight is 266 g/mol. The van der Waals surface area contributed by atoms with Gasteiger partial charge < -0.3 is 15.4 Å². The zero-order valence-electron chi connectivity index (χ0n) is 10.1. The van der Waals surface area contributed by atoms with Crippen molar-refractivity contribution in [2.75, 3.05) is 24.7 Å². The summed E-state index contributed by atoms with van der Waals surface area (Å²) in [4.78, 5) is 6.50. The van der Waals surface area contributed by atoms with Crippen LogP contribution in [0, 0.1) is 0 Å². The highest BCUT2D eigenvalue weighted by atomic mass is 35.5. The predicted molar refractivity (Wildman–Crippen MR) is 73.2 cm³/mol. The molecular formula is C13H16ClN3O. The molecule has 0 amide bonds. The summed E-state index contributed by atoms with van der Waals surface area (Å²) in [5.41, 5.74) is 6.97. The molecule has 0 saturated carbocycles. The summed E-state index contributed by atoms with van der Waals surface area (Å²) in [5.74, 6) is 0.572. The molecule has 0 aromatic heterocycles. The van der Waals surface area contributed by atoms with Crippen molar-refractivity contribution in [3.8, 4) is 0 Å². The van der Waals surface area contributed by atoms with Crippen molar-refractivity contribution in [2.24, 2.45) is 10.7 Å². The van der Waals surface area contributed by atoms with E-state index in [2.05, 4.69) is 9.89 Å². The topological polar surface area (TPSA) is 50.9 Å². The van der Waals surface area contributed by atoms with Crippen LogP contribution in [0.15, 0.2) is 29.3 Å². The van der Waals surface area contributed by atoms with Gasteiger partial charge in [-0.25, -0.2) is 0 Å². The number of rotatable bonds is 1. The van der Waals surface area contributed by atoms with Crippen molar-refractivity contribution in [3.63, 3.8) is 0 Å². The summed E-state index contributed by atoms with van der Waals surface area (Å²) in [6, 6.07) is 7.71. The predicted octanol–water partition coefficient (Wildman–Crippen LogP) is 2.02. The first kappa shape index (κ1) is 11.8. The second kappa shape index (κ2) is 4.44. The molecule has 18 heavy (non-hydrogen) atoms. The van der Waals surface area contributed by atoms with E-state index in [1.807, 2.05) is 24.3 Å². The fourth-order valence-electron chi connectivity index (χ4n) is 2.75. The highest BCUT2D eigenvalue weighted by molar-refractivity contribution is 6.30. The van der Waals surface area contributed by atoms with Gasteiger partial charge in [-0.2, -0.15) is 0 Å². The van der Waals surface area contributed by atoms with Crippen molar-refractivity contribution in [1.82, 2.24) is 0 Å². The number of nitrogens with zero attached hydrogens (tertiary/aromatic N) is 2. The zero-order chi connectivity index (χ0) is 12.6. The average Bonchev–Trinajstić information content (AvgIpc) is 2.69. The largest absolute Gasteiger partial charge is 0.379 e. The Kier molecular flexibility index (Phi) is 2.92. The first-order chi connectivity index (χ1) is 8.71. The summed E-state index contributed by atoms with van der Waals surface area (Å²) in [6.07, 6.45) is 2.10. The molecule has 1 saturated heterocycles. The van der Waals surface area contributed by atoms with Crippen LogP contribution in [0.5, 0.6) is 0 Å². The summed E-state index contributed by atoms with van der Waals surface area (Å²) in [6.45, 7) is 2.22. The van der Waals surface area contributed by atoms with Gasteiger partial charge in [-0.05, 0) is 37.1 Å². The lowest BCUT2D eigenvalue weighted by atomic mass is 9.91. The maximum absolute atomic E-state index is 6.04.